The summed E-state index contributed by atoms with van der Waals surface area (Å²) in [4.78, 5) is 57.4. The number of Topliss-reactive ketones (excluding diaryl/α,β-unsaturated/α-hetero) is 1. The molecule has 41 heavy (non-hydrogen) atoms. The van der Waals surface area contributed by atoms with E-state index >= 15 is 0 Å². The van der Waals surface area contributed by atoms with E-state index < -0.39 is 23.6 Å². The fraction of sp³-hybridized carbons (Fsp3) is 0.429. The Hall–Kier alpha value is -4.29. The van der Waals surface area contributed by atoms with Crippen molar-refractivity contribution in [3.05, 3.63) is 74.2 Å². The van der Waals surface area contributed by atoms with Crippen LogP contribution in [0.3, 0.4) is 0 Å². The van der Waals surface area contributed by atoms with Crippen LogP contribution in [0.4, 0.5) is 24.7 Å². The summed E-state index contributed by atoms with van der Waals surface area (Å²) in [5.74, 6) is -1.04. The molecule has 216 valence electrons. The van der Waals surface area contributed by atoms with E-state index in [-0.39, 0.29) is 48.7 Å². The molecule has 0 spiro atoms. The second-order valence-electron chi connectivity index (χ2n) is 10.3. The lowest BCUT2D eigenvalue weighted by Crippen LogP contribution is -2.41. The molecule has 13 heteroatoms. The SMILES string of the molecule is CCCn1c2c(c(=O)n(CCC)c1=O)CC(c1cnn(CC(=O)C3CC(=O)N(c4cccc(C(F)(F)F)c4)C3)c1)=N2. The van der Waals surface area contributed by atoms with Crippen molar-refractivity contribution < 1.29 is 22.8 Å². The molecule has 1 atom stereocenters. The first-order valence-corrected chi connectivity index (χ1v) is 13.5. The van der Waals surface area contributed by atoms with E-state index in [2.05, 4.69) is 10.1 Å². The van der Waals surface area contributed by atoms with E-state index in [1.54, 1.807) is 6.20 Å². The highest BCUT2D eigenvalue weighted by molar-refractivity contribution is 6.06. The van der Waals surface area contributed by atoms with Crippen molar-refractivity contribution in [2.75, 3.05) is 11.4 Å². The van der Waals surface area contributed by atoms with Crippen molar-refractivity contribution in [1.29, 1.82) is 0 Å². The first-order chi connectivity index (χ1) is 19.5. The molecule has 2 aliphatic rings. The van der Waals surface area contributed by atoms with Gasteiger partial charge in [0.25, 0.3) is 5.56 Å². The lowest BCUT2D eigenvalue weighted by molar-refractivity contribution is -0.137. The van der Waals surface area contributed by atoms with Crippen LogP contribution >= 0.6 is 0 Å². The fourth-order valence-corrected chi connectivity index (χ4v) is 5.29. The quantitative estimate of drug-likeness (QED) is 0.392. The molecular formula is C28H29F3N6O4. The van der Waals surface area contributed by atoms with Crippen molar-refractivity contribution in [2.45, 2.75) is 65.3 Å². The Labute approximate surface area is 232 Å². The smallest absolute Gasteiger partial charge is 0.312 e. The van der Waals surface area contributed by atoms with Gasteiger partial charge >= 0.3 is 11.9 Å². The minimum Gasteiger partial charge on any atom is -0.312 e. The number of aliphatic imine (C=N–C) groups is 1. The molecule has 3 aromatic rings. The lowest BCUT2D eigenvalue weighted by Gasteiger charge is -2.18. The number of alkyl halides is 3. The number of amides is 1. The molecule has 1 amide bonds. The molecule has 4 heterocycles. The van der Waals surface area contributed by atoms with Gasteiger partial charge in [-0.05, 0) is 31.0 Å². The summed E-state index contributed by atoms with van der Waals surface area (Å²) in [5, 5.41) is 4.26. The van der Waals surface area contributed by atoms with Crippen molar-refractivity contribution >= 4 is 28.9 Å². The molecule has 10 nitrogen and oxygen atoms in total. The zero-order valence-electron chi connectivity index (χ0n) is 22.6. The number of hydrogen-bond donors (Lipinski definition) is 0. The van der Waals surface area contributed by atoms with E-state index in [1.165, 1.54) is 37.0 Å². The number of halogens is 3. The van der Waals surface area contributed by atoms with Crippen molar-refractivity contribution in [1.82, 2.24) is 18.9 Å². The molecule has 1 unspecified atom stereocenters. The van der Waals surface area contributed by atoms with Crippen LogP contribution in [0.5, 0.6) is 0 Å². The number of carbonyl (C=O) groups excluding carboxylic acids is 2. The molecule has 0 saturated carbocycles. The van der Waals surface area contributed by atoms with Gasteiger partial charge in [0, 0.05) is 55.8 Å². The molecular weight excluding hydrogens is 541 g/mol. The van der Waals surface area contributed by atoms with Gasteiger partial charge in [0.1, 0.15) is 5.82 Å². The Kier molecular flexibility index (Phi) is 7.54. The van der Waals surface area contributed by atoms with Crippen LogP contribution in [0.2, 0.25) is 0 Å². The Balaban J connectivity index is 1.31. The monoisotopic (exact) mass is 570 g/mol. The minimum atomic E-state index is -4.55. The molecule has 1 fully saturated rings. The fourth-order valence-electron chi connectivity index (χ4n) is 5.29. The minimum absolute atomic E-state index is 0.0197. The number of ketones is 1. The lowest BCUT2D eigenvalue weighted by atomic mass is 10.0. The standard InChI is InChI=1S/C28H29F3N6O4/c1-3-8-35-25-21(26(40)36(9-4-2)27(35)41)12-22(33-25)18-13-32-34(14-18)16-23(38)17-10-24(39)37(15-17)20-7-5-6-19(11-20)28(29,30)31/h5-7,11,13-14,17H,3-4,8-10,12,15-16H2,1-2H3. The van der Waals surface area contributed by atoms with Crippen molar-refractivity contribution in [2.24, 2.45) is 10.9 Å². The van der Waals surface area contributed by atoms with Gasteiger partial charge in [0.05, 0.1) is 29.6 Å². The largest absolute Gasteiger partial charge is 0.416 e. The molecule has 2 aromatic heterocycles. The third kappa shape index (κ3) is 5.40. The van der Waals surface area contributed by atoms with E-state index in [0.29, 0.717) is 48.6 Å². The zero-order chi connectivity index (χ0) is 29.5. The molecule has 1 aromatic carbocycles. The molecule has 5 rings (SSSR count). The summed E-state index contributed by atoms with van der Waals surface area (Å²) < 4.78 is 43.6. The van der Waals surface area contributed by atoms with Crippen LogP contribution < -0.4 is 16.1 Å². The first kappa shape index (κ1) is 28.2. The van der Waals surface area contributed by atoms with Crippen LogP contribution in [-0.4, -0.2) is 42.9 Å². The highest BCUT2D eigenvalue weighted by Crippen LogP contribution is 2.34. The van der Waals surface area contributed by atoms with E-state index in [4.69, 9.17) is 0 Å². The number of hydrogen-bond acceptors (Lipinski definition) is 6. The predicted molar refractivity (Wildman–Crippen MR) is 145 cm³/mol. The van der Waals surface area contributed by atoms with E-state index in [9.17, 15) is 32.3 Å². The maximum Gasteiger partial charge on any atom is 0.416 e. The number of aromatic nitrogens is 4. The molecule has 0 bridgehead atoms. The van der Waals surface area contributed by atoms with Gasteiger partial charge in [-0.15, -0.1) is 0 Å². The summed E-state index contributed by atoms with van der Waals surface area (Å²) >= 11 is 0. The number of anilines is 1. The number of carbonyl (C=O) groups is 2. The zero-order valence-corrected chi connectivity index (χ0v) is 22.6. The Bertz CT molecular complexity index is 1670. The Morgan fingerprint density at radius 2 is 1.80 bits per heavy atom. The van der Waals surface area contributed by atoms with Crippen molar-refractivity contribution in [3.63, 3.8) is 0 Å². The summed E-state index contributed by atoms with van der Waals surface area (Å²) in [6, 6.07) is 4.48. The van der Waals surface area contributed by atoms with Gasteiger partial charge in [-0.3, -0.25) is 28.2 Å². The third-order valence-electron chi connectivity index (χ3n) is 7.32. The second kappa shape index (κ2) is 10.9. The average molecular weight is 571 g/mol. The van der Waals surface area contributed by atoms with Crippen molar-refractivity contribution in [3.8, 4) is 0 Å². The highest BCUT2D eigenvalue weighted by Gasteiger charge is 2.37. The second-order valence-corrected chi connectivity index (χ2v) is 10.3. The van der Waals surface area contributed by atoms with Crippen LogP contribution in [0.25, 0.3) is 0 Å². The summed E-state index contributed by atoms with van der Waals surface area (Å²) in [5.41, 5.74) is 0.102. The van der Waals surface area contributed by atoms with E-state index in [1.807, 2.05) is 13.8 Å². The third-order valence-corrected chi connectivity index (χ3v) is 7.32. The van der Waals surface area contributed by atoms with Gasteiger partial charge in [0.2, 0.25) is 5.91 Å². The number of benzene rings is 1. The molecule has 0 radical (unpaired) electrons. The van der Waals surface area contributed by atoms with Crippen LogP contribution in [-0.2, 0) is 41.8 Å². The van der Waals surface area contributed by atoms with Gasteiger partial charge in [-0.1, -0.05) is 19.9 Å². The number of fused-ring (bicyclic) bond motifs is 1. The predicted octanol–water partition coefficient (Wildman–Crippen LogP) is 3.34. The molecule has 1 saturated heterocycles. The van der Waals surface area contributed by atoms with Crippen LogP contribution in [0, 0.1) is 5.92 Å². The topological polar surface area (TPSA) is 112 Å². The summed E-state index contributed by atoms with van der Waals surface area (Å²) in [7, 11) is 0. The Morgan fingerprint density at radius 3 is 2.51 bits per heavy atom. The van der Waals surface area contributed by atoms with Crippen LogP contribution in [0.15, 0.2) is 51.2 Å². The molecule has 2 aliphatic heterocycles. The van der Waals surface area contributed by atoms with Gasteiger partial charge < -0.3 is 4.90 Å². The van der Waals surface area contributed by atoms with Gasteiger partial charge in [0.15, 0.2) is 5.78 Å². The summed E-state index contributed by atoms with van der Waals surface area (Å²) in [6.07, 6.45) is 0.0523. The summed E-state index contributed by atoms with van der Waals surface area (Å²) in [6.45, 7) is 4.41. The number of rotatable bonds is 9. The first-order valence-electron chi connectivity index (χ1n) is 13.5. The number of nitrogens with zero attached hydrogens (tertiary/aromatic N) is 6. The Morgan fingerprint density at radius 1 is 1.07 bits per heavy atom. The molecule has 0 N–H and O–H groups in total. The van der Waals surface area contributed by atoms with E-state index in [0.717, 1.165) is 12.1 Å². The maximum atomic E-state index is 13.1. The normalized spacial score (nSPS) is 16.8. The van der Waals surface area contributed by atoms with Gasteiger partial charge in [-0.2, -0.15) is 18.3 Å². The molecule has 0 aliphatic carbocycles. The average Bonchev–Trinajstić information content (AvgIpc) is 3.67. The maximum absolute atomic E-state index is 13.1. The highest BCUT2D eigenvalue weighted by atomic mass is 19.4. The van der Waals surface area contributed by atoms with Gasteiger partial charge in [-0.25, -0.2) is 9.79 Å². The van der Waals surface area contributed by atoms with Crippen LogP contribution in [0.1, 0.15) is 49.8 Å².